The molecular weight excluding hydrogens is 132 g/mol. The van der Waals surface area contributed by atoms with Gasteiger partial charge in [0.05, 0.1) is 0 Å². The van der Waals surface area contributed by atoms with Gasteiger partial charge in [-0.2, -0.15) is 0 Å². The molecule has 1 aromatic rings. The minimum atomic E-state index is 0.581. The number of allylic oxidation sites excluding steroid dienone is 1. The van der Waals surface area contributed by atoms with Gasteiger partial charge in [-0.1, -0.05) is 43.3 Å². The van der Waals surface area contributed by atoms with Crippen molar-refractivity contribution in [3.05, 3.63) is 48.6 Å². The minimum absolute atomic E-state index is 0.581. The van der Waals surface area contributed by atoms with E-state index in [1.165, 1.54) is 5.56 Å². The molecule has 0 nitrogen and oxygen atoms in total. The van der Waals surface area contributed by atoms with Gasteiger partial charge < -0.3 is 0 Å². The summed E-state index contributed by atoms with van der Waals surface area (Å²) < 4.78 is 0. The van der Waals surface area contributed by atoms with E-state index in [0.717, 1.165) is 6.42 Å². The van der Waals surface area contributed by atoms with Crippen molar-refractivity contribution in [2.75, 3.05) is 0 Å². The highest BCUT2D eigenvalue weighted by Gasteiger charge is 1.96. The second-order valence-electron chi connectivity index (χ2n) is 2.90. The van der Waals surface area contributed by atoms with Gasteiger partial charge in [0.15, 0.2) is 0 Å². The maximum absolute atomic E-state index is 3.76. The molecule has 0 heteroatoms. The number of rotatable bonds is 3. The highest BCUT2D eigenvalue weighted by atomic mass is 14.0. The lowest BCUT2D eigenvalue weighted by Crippen LogP contribution is -1.94. The Kier molecular flexibility index (Phi) is 2.91. The Morgan fingerprint density at radius 3 is 2.55 bits per heavy atom. The zero-order chi connectivity index (χ0) is 8.10. The van der Waals surface area contributed by atoms with Crippen molar-refractivity contribution in [3.63, 3.8) is 0 Å². The normalized spacial score (nSPS) is 12.5. The predicted molar refractivity (Wildman–Crippen MR) is 49.5 cm³/mol. The minimum Gasteiger partial charge on any atom is -0.103 e. The van der Waals surface area contributed by atoms with E-state index in [0.29, 0.717) is 5.92 Å². The van der Waals surface area contributed by atoms with E-state index in [4.69, 9.17) is 0 Å². The molecule has 0 unspecified atom stereocenters. The average Bonchev–Trinajstić information content (AvgIpc) is 2.06. The molecule has 0 heterocycles. The van der Waals surface area contributed by atoms with E-state index in [1.54, 1.807) is 0 Å². The third-order valence-corrected chi connectivity index (χ3v) is 1.80. The van der Waals surface area contributed by atoms with Crippen molar-refractivity contribution >= 4 is 0 Å². The Hall–Kier alpha value is -1.04. The van der Waals surface area contributed by atoms with Crippen molar-refractivity contribution in [2.24, 2.45) is 5.92 Å². The monoisotopic (exact) mass is 146 g/mol. The lowest BCUT2D eigenvalue weighted by molar-refractivity contribution is 0.725. The smallest absolute Gasteiger partial charge is 0.0218 e. The first kappa shape index (κ1) is 8.06. The maximum Gasteiger partial charge on any atom is -0.0218 e. The van der Waals surface area contributed by atoms with Gasteiger partial charge in [-0.15, -0.1) is 6.58 Å². The molecule has 0 aliphatic carbocycles. The Balaban J connectivity index is 2.57. The molecule has 0 radical (unpaired) electrons. The molecule has 0 saturated heterocycles. The maximum atomic E-state index is 3.76. The summed E-state index contributed by atoms with van der Waals surface area (Å²) in [7, 11) is 0. The fraction of sp³-hybridized carbons (Fsp3) is 0.273. The fourth-order valence-corrected chi connectivity index (χ4v) is 1.07. The van der Waals surface area contributed by atoms with Gasteiger partial charge in [0.2, 0.25) is 0 Å². The average molecular weight is 146 g/mol. The second kappa shape index (κ2) is 3.97. The highest BCUT2D eigenvalue weighted by Crippen LogP contribution is 2.07. The van der Waals surface area contributed by atoms with Crippen LogP contribution in [0, 0.1) is 5.92 Å². The quantitative estimate of drug-likeness (QED) is 0.575. The first-order valence-corrected chi connectivity index (χ1v) is 3.99. The third-order valence-electron chi connectivity index (χ3n) is 1.80. The van der Waals surface area contributed by atoms with Crippen molar-refractivity contribution in [2.45, 2.75) is 13.3 Å². The molecule has 0 aliphatic heterocycles. The molecule has 0 bridgehead atoms. The molecule has 0 saturated carbocycles. The van der Waals surface area contributed by atoms with Crippen LogP contribution in [-0.4, -0.2) is 0 Å². The van der Waals surface area contributed by atoms with Gasteiger partial charge in [0.25, 0.3) is 0 Å². The molecule has 0 spiro atoms. The van der Waals surface area contributed by atoms with Crippen LogP contribution in [0.5, 0.6) is 0 Å². The van der Waals surface area contributed by atoms with E-state index < -0.39 is 0 Å². The van der Waals surface area contributed by atoms with E-state index in [9.17, 15) is 0 Å². The largest absolute Gasteiger partial charge is 0.103 e. The van der Waals surface area contributed by atoms with Gasteiger partial charge >= 0.3 is 0 Å². The summed E-state index contributed by atoms with van der Waals surface area (Å²) in [5.41, 5.74) is 1.39. The van der Waals surface area contributed by atoms with Gasteiger partial charge in [-0.25, -0.2) is 0 Å². The van der Waals surface area contributed by atoms with Crippen LogP contribution in [0.3, 0.4) is 0 Å². The van der Waals surface area contributed by atoms with Gasteiger partial charge in [-0.05, 0) is 17.9 Å². The molecule has 1 rings (SSSR count). The Labute approximate surface area is 68.6 Å². The first-order valence-electron chi connectivity index (χ1n) is 3.99. The summed E-state index contributed by atoms with van der Waals surface area (Å²) in [5, 5.41) is 0. The van der Waals surface area contributed by atoms with Crippen LogP contribution in [0.2, 0.25) is 0 Å². The topological polar surface area (TPSA) is 0 Å². The summed E-state index contributed by atoms with van der Waals surface area (Å²) in [4.78, 5) is 0. The molecular formula is C11H14. The standard InChI is InChI=1S/C11H14/c1-3-10(2)9-11-7-5-4-6-8-11/h3-8,10H,1,9H2,2H3/t10-/m0/s1. The molecule has 0 aromatic heterocycles. The summed E-state index contributed by atoms with van der Waals surface area (Å²) >= 11 is 0. The molecule has 1 atom stereocenters. The summed E-state index contributed by atoms with van der Waals surface area (Å²) in [6, 6.07) is 10.5. The lowest BCUT2D eigenvalue weighted by atomic mass is 10.0. The zero-order valence-electron chi connectivity index (χ0n) is 6.96. The van der Waals surface area contributed by atoms with E-state index >= 15 is 0 Å². The van der Waals surface area contributed by atoms with Crippen LogP contribution in [0.4, 0.5) is 0 Å². The van der Waals surface area contributed by atoms with Crippen molar-refractivity contribution in [1.29, 1.82) is 0 Å². The van der Waals surface area contributed by atoms with Crippen LogP contribution >= 0.6 is 0 Å². The molecule has 58 valence electrons. The predicted octanol–water partition coefficient (Wildman–Crippen LogP) is 3.05. The van der Waals surface area contributed by atoms with Gasteiger partial charge in [0, 0.05) is 0 Å². The Morgan fingerprint density at radius 1 is 1.36 bits per heavy atom. The second-order valence-corrected chi connectivity index (χ2v) is 2.90. The van der Waals surface area contributed by atoms with Crippen LogP contribution in [0.1, 0.15) is 12.5 Å². The SMILES string of the molecule is C=C[C@H](C)Cc1ccccc1. The molecule has 1 aromatic carbocycles. The van der Waals surface area contributed by atoms with Crippen molar-refractivity contribution in [1.82, 2.24) is 0 Å². The van der Waals surface area contributed by atoms with Gasteiger partial charge in [0.1, 0.15) is 0 Å². The number of hydrogen-bond donors (Lipinski definition) is 0. The van der Waals surface area contributed by atoms with Crippen LogP contribution in [0.25, 0.3) is 0 Å². The van der Waals surface area contributed by atoms with Gasteiger partial charge in [-0.3, -0.25) is 0 Å². The van der Waals surface area contributed by atoms with E-state index in [2.05, 4.69) is 37.8 Å². The molecule has 0 fully saturated rings. The number of hydrogen-bond acceptors (Lipinski definition) is 0. The number of benzene rings is 1. The fourth-order valence-electron chi connectivity index (χ4n) is 1.07. The highest BCUT2D eigenvalue weighted by molar-refractivity contribution is 5.15. The third kappa shape index (κ3) is 2.58. The summed E-state index contributed by atoms with van der Waals surface area (Å²) in [6.07, 6.45) is 3.09. The molecule has 0 amide bonds. The lowest BCUT2D eigenvalue weighted by Gasteiger charge is -2.04. The van der Waals surface area contributed by atoms with Crippen LogP contribution < -0.4 is 0 Å². The Morgan fingerprint density at radius 2 is 2.00 bits per heavy atom. The molecule has 0 aliphatic rings. The van der Waals surface area contributed by atoms with Crippen LogP contribution in [0.15, 0.2) is 43.0 Å². The summed E-state index contributed by atoms with van der Waals surface area (Å²) in [6.45, 7) is 5.94. The Bertz CT molecular complexity index is 211. The first-order chi connectivity index (χ1) is 5.33. The van der Waals surface area contributed by atoms with Crippen LogP contribution in [-0.2, 0) is 6.42 Å². The zero-order valence-corrected chi connectivity index (χ0v) is 6.96. The van der Waals surface area contributed by atoms with E-state index in [-0.39, 0.29) is 0 Å². The summed E-state index contributed by atoms with van der Waals surface area (Å²) in [5.74, 6) is 0.581. The van der Waals surface area contributed by atoms with Crippen molar-refractivity contribution < 1.29 is 0 Å². The van der Waals surface area contributed by atoms with Crippen molar-refractivity contribution in [3.8, 4) is 0 Å². The molecule has 11 heavy (non-hydrogen) atoms. The molecule has 0 N–H and O–H groups in total. The van der Waals surface area contributed by atoms with E-state index in [1.807, 2.05) is 12.1 Å².